The van der Waals surface area contributed by atoms with Crippen molar-refractivity contribution in [1.29, 1.82) is 0 Å². The third kappa shape index (κ3) is 4.87. The Hall–Kier alpha value is -0.120. The maximum atomic E-state index is 10.1. The lowest BCUT2D eigenvalue weighted by atomic mass is 9.68. The molecule has 1 aliphatic rings. The number of aliphatic hydroxyl groups is 2. The number of aliphatic hydroxyl groups excluding tert-OH is 2. The fourth-order valence-electron chi connectivity index (χ4n) is 3.16. The van der Waals surface area contributed by atoms with Crippen LogP contribution in [-0.2, 0) is 0 Å². The Balaban J connectivity index is 2.52. The molecule has 0 aromatic carbocycles. The molecule has 4 atom stereocenters. The average Bonchev–Trinajstić information content (AvgIpc) is 2.18. The summed E-state index contributed by atoms with van der Waals surface area (Å²) >= 11 is 0. The maximum absolute atomic E-state index is 10.1. The van der Waals surface area contributed by atoms with Crippen molar-refractivity contribution in [3.8, 4) is 0 Å². The van der Waals surface area contributed by atoms with Crippen LogP contribution in [-0.4, -0.2) is 47.5 Å². The first-order chi connectivity index (χ1) is 8.20. The van der Waals surface area contributed by atoms with Gasteiger partial charge in [-0.15, -0.1) is 0 Å². The number of hydrogen-bond donors (Lipinski definition) is 2. The highest BCUT2D eigenvalue weighted by Gasteiger charge is 2.35. The van der Waals surface area contributed by atoms with Gasteiger partial charge < -0.3 is 15.1 Å². The van der Waals surface area contributed by atoms with Crippen molar-refractivity contribution in [2.75, 3.05) is 20.1 Å². The number of likely N-dealkylation sites (N-methyl/N-ethyl adjacent to an activating group) is 1. The van der Waals surface area contributed by atoms with Gasteiger partial charge in [0, 0.05) is 13.1 Å². The number of hydrogen-bond acceptors (Lipinski definition) is 3. The van der Waals surface area contributed by atoms with Crippen LogP contribution in [0.25, 0.3) is 0 Å². The molecule has 1 saturated carbocycles. The van der Waals surface area contributed by atoms with Gasteiger partial charge in [-0.3, -0.25) is 0 Å². The van der Waals surface area contributed by atoms with E-state index >= 15 is 0 Å². The minimum absolute atomic E-state index is 0.167. The number of rotatable bonds is 4. The molecule has 0 saturated heterocycles. The van der Waals surface area contributed by atoms with Crippen LogP contribution in [0.3, 0.4) is 0 Å². The van der Waals surface area contributed by atoms with E-state index in [0.717, 1.165) is 25.8 Å². The molecule has 0 bridgehead atoms. The van der Waals surface area contributed by atoms with Gasteiger partial charge in [0.2, 0.25) is 0 Å². The Labute approximate surface area is 112 Å². The van der Waals surface area contributed by atoms with E-state index in [9.17, 15) is 10.2 Å². The summed E-state index contributed by atoms with van der Waals surface area (Å²) in [6, 6.07) is 0. The standard InChI is InChI=1S/C15H31NO2/c1-11(17)9-16(5)10-12-8-13(15(2,3)4)6-7-14(12)18/h11-14,17-18H,6-10H2,1-5H3. The van der Waals surface area contributed by atoms with Gasteiger partial charge in [0.25, 0.3) is 0 Å². The van der Waals surface area contributed by atoms with Crippen molar-refractivity contribution in [2.45, 2.75) is 59.2 Å². The van der Waals surface area contributed by atoms with Gasteiger partial charge in [0.15, 0.2) is 0 Å². The van der Waals surface area contributed by atoms with E-state index in [1.54, 1.807) is 0 Å². The molecule has 0 amide bonds. The predicted octanol–water partition coefficient (Wildman–Crippen LogP) is 2.12. The van der Waals surface area contributed by atoms with Crippen LogP contribution in [0.5, 0.6) is 0 Å². The van der Waals surface area contributed by atoms with Gasteiger partial charge in [0.05, 0.1) is 12.2 Å². The summed E-state index contributed by atoms with van der Waals surface area (Å²) in [4.78, 5) is 2.14. The van der Waals surface area contributed by atoms with E-state index in [4.69, 9.17) is 0 Å². The molecule has 0 radical (unpaired) electrons. The minimum atomic E-state index is -0.297. The van der Waals surface area contributed by atoms with Crippen LogP contribution in [0.4, 0.5) is 0 Å². The lowest BCUT2D eigenvalue weighted by molar-refractivity contribution is 0.00193. The molecule has 0 spiro atoms. The predicted molar refractivity (Wildman–Crippen MR) is 75.5 cm³/mol. The molecule has 1 aliphatic carbocycles. The van der Waals surface area contributed by atoms with Gasteiger partial charge in [-0.1, -0.05) is 20.8 Å². The van der Waals surface area contributed by atoms with E-state index < -0.39 is 0 Å². The smallest absolute Gasteiger partial charge is 0.0638 e. The van der Waals surface area contributed by atoms with E-state index in [2.05, 4.69) is 25.7 Å². The van der Waals surface area contributed by atoms with Gasteiger partial charge >= 0.3 is 0 Å². The Kier molecular flexibility index (Phi) is 5.63. The highest BCUT2D eigenvalue weighted by Crippen LogP contribution is 2.40. The van der Waals surface area contributed by atoms with Crippen LogP contribution in [0, 0.1) is 17.3 Å². The van der Waals surface area contributed by atoms with Gasteiger partial charge in [-0.05, 0) is 50.5 Å². The first-order valence-electron chi connectivity index (χ1n) is 7.24. The van der Waals surface area contributed by atoms with Crippen LogP contribution >= 0.6 is 0 Å². The zero-order valence-electron chi connectivity index (χ0n) is 12.7. The fourth-order valence-corrected chi connectivity index (χ4v) is 3.16. The summed E-state index contributed by atoms with van der Waals surface area (Å²) in [6.07, 6.45) is 2.71. The van der Waals surface area contributed by atoms with Crippen LogP contribution < -0.4 is 0 Å². The first kappa shape index (κ1) is 15.9. The number of nitrogens with zero attached hydrogens (tertiary/aromatic N) is 1. The Bertz CT molecular complexity index is 247. The minimum Gasteiger partial charge on any atom is -0.393 e. The van der Waals surface area contributed by atoms with Gasteiger partial charge in [-0.2, -0.15) is 0 Å². The Morgan fingerprint density at radius 3 is 2.39 bits per heavy atom. The van der Waals surface area contributed by atoms with E-state index in [-0.39, 0.29) is 12.2 Å². The van der Waals surface area contributed by atoms with E-state index in [1.807, 2.05) is 14.0 Å². The van der Waals surface area contributed by atoms with Crippen molar-refractivity contribution in [3.05, 3.63) is 0 Å². The third-order valence-corrected chi connectivity index (χ3v) is 4.29. The van der Waals surface area contributed by atoms with Crippen LogP contribution in [0.1, 0.15) is 47.0 Å². The molecule has 3 heteroatoms. The lowest BCUT2D eigenvalue weighted by Gasteiger charge is -2.41. The second-order valence-corrected chi connectivity index (χ2v) is 7.27. The Morgan fingerprint density at radius 1 is 1.28 bits per heavy atom. The quantitative estimate of drug-likeness (QED) is 0.811. The molecule has 4 unspecified atom stereocenters. The summed E-state index contributed by atoms with van der Waals surface area (Å²) < 4.78 is 0. The lowest BCUT2D eigenvalue weighted by Crippen LogP contribution is -2.41. The zero-order valence-corrected chi connectivity index (χ0v) is 12.7. The van der Waals surface area contributed by atoms with E-state index in [1.165, 1.54) is 0 Å². The monoisotopic (exact) mass is 257 g/mol. The van der Waals surface area contributed by atoms with Crippen molar-refractivity contribution < 1.29 is 10.2 Å². The summed E-state index contributed by atoms with van der Waals surface area (Å²) in [6.45, 7) is 10.3. The molecule has 2 N–H and O–H groups in total. The van der Waals surface area contributed by atoms with Gasteiger partial charge in [-0.25, -0.2) is 0 Å². The molecular weight excluding hydrogens is 226 g/mol. The topological polar surface area (TPSA) is 43.7 Å². The highest BCUT2D eigenvalue weighted by molar-refractivity contribution is 4.86. The average molecular weight is 257 g/mol. The SMILES string of the molecule is CC(O)CN(C)CC1CC(C(C)(C)C)CCC1O. The van der Waals surface area contributed by atoms with Crippen molar-refractivity contribution in [1.82, 2.24) is 4.90 Å². The third-order valence-electron chi connectivity index (χ3n) is 4.29. The first-order valence-corrected chi connectivity index (χ1v) is 7.24. The largest absolute Gasteiger partial charge is 0.393 e. The molecule has 0 aliphatic heterocycles. The summed E-state index contributed by atoms with van der Waals surface area (Å²) in [5.74, 6) is 1.05. The summed E-state index contributed by atoms with van der Waals surface area (Å²) in [7, 11) is 2.03. The molecule has 0 heterocycles. The summed E-state index contributed by atoms with van der Waals surface area (Å²) in [5.41, 5.74) is 0.335. The maximum Gasteiger partial charge on any atom is 0.0638 e. The van der Waals surface area contributed by atoms with Crippen molar-refractivity contribution in [2.24, 2.45) is 17.3 Å². The normalized spacial score (nSPS) is 31.7. The molecule has 0 aromatic rings. The van der Waals surface area contributed by atoms with E-state index in [0.29, 0.717) is 23.8 Å². The molecule has 18 heavy (non-hydrogen) atoms. The second-order valence-electron chi connectivity index (χ2n) is 7.27. The van der Waals surface area contributed by atoms with Crippen LogP contribution in [0.15, 0.2) is 0 Å². The summed E-state index contributed by atoms with van der Waals surface area (Å²) in [5, 5.41) is 19.5. The molecule has 3 nitrogen and oxygen atoms in total. The molecule has 0 aromatic heterocycles. The zero-order chi connectivity index (χ0) is 13.9. The van der Waals surface area contributed by atoms with Crippen molar-refractivity contribution in [3.63, 3.8) is 0 Å². The van der Waals surface area contributed by atoms with Crippen molar-refractivity contribution >= 4 is 0 Å². The van der Waals surface area contributed by atoms with Crippen LogP contribution in [0.2, 0.25) is 0 Å². The second kappa shape index (κ2) is 6.36. The Morgan fingerprint density at radius 2 is 1.89 bits per heavy atom. The molecular formula is C15H31NO2. The molecule has 1 fully saturated rings. The highest BCUT2D eigenvalue weighted by atomic mass is 16.3. The fraction of sp³-hybridized carbons (Fsp3) is 1.00. The van der Waals surface area contributed by atoms with Gasteiger partial charge in [0.1, 0.15) is 0 Å². The molecule has 108 valence electrons. The molecule has 1 rings (SSSR count).